The second kappa shape index (κ2) is 8.85. The molecule has 0 atom stereocenters. The first-order chi connectivity index (χ1) is 13.8. The highest BCUT2D eigenvalue weighted by Gasteiger charge is 2.26. The molecule has 0 unspecified atom stereocenters. The van der Waals surface area contributed by atoms with Crippen molar-refractivity contribution in [3.05, 3.63) is 41.8 Å². The molecule has 2 aromatic rings. The van der Waals surface area contributed by atoms with E-state index in [9.17, 15) is 14.0 Å². The third-order valence-corrected chi connectivity index (χ3v) is 4.46. The zero-order valence-electron chi connectivity index (χ0n) is 18.8. The van der Waals surface area contributed by atoms with Gasteiger partial charge >= 0.3 is 6.03 Å². The summed E-state index contributed by atoms with van der Waals surface area (Å²) in [6, 6.07) is 7.01. The molecule has 0 saturated carbocycles. The second-order valence-corrected chi connectivity index (χ2v) is 9.25. The maximum absolute atomic E-state index is 13.3. The van der Waals surface area contributed by atoms with Crippen molar-refractivity contribution < 1.29 is 14.0 Å². The van der Waals surface area contributed by atoms with Crippen LogP contribution < -0.4 is 10.6 Å². The van der Waals surface area contributed by atoms with Crippen LogP contribution in [0.25, 0.3) is 0 Å². The van der Waals surface area contributed by atoms with Crippen molar-refractivity contribution in [2.24, 2.45) is 0 Å². The fourth-order valence-corrected chi connectivity index (χ4v) is 2.80. The van der Waals surface area contributed by atoms with Crippen molar-refractivity contribution in [1.29, 1.82) is 0 Å². The maximum Gasteiger partial charge on any atom is 0.322 e. The molecule has 0 spiro atoms. The van der Waals surface area contributed by atoms with Gasteiger partial charge < -0.3 is 15.5 Å². The van der Waals surface area contributed by atoms with Crippen molar-refractivity contribution in [1.82, 2.24) is 14.7 Å². The minimum atomic E-state index is -0.474. The van der Waals surface area contributed by atoms with Gasteiger partial charge in [0, 0.05) is 23.7 Å². The Balaban J connectivity index is 2.13. The number of hydrogen-bond acceptors (Lipinski definition) is 3. The summed E-state index contributed by atoms with van der Waals surface area (Å²) in [6.07, 6.45) is 0. The topological polar surface area (TPSA) is 79.3 Å². The smallest absolute Gasteiger partial charge is 0.315 e. The number of carbonyl (C=O) groups excluding carboxylic acids is 2. The van der Waals surface area contributed by atoms with Crippen molar-refractivity contribution in [2.75, 3.05) is 23.7 Å². The summed E-state index contributed by atoms with van der Waals surface area (Å²) < 4.78 is 15.1. The number of amides is 3. The van der Waals surface area contributed by atoms with Crippen LogP contribution in [0.2, 0.25) is 0 Å². The number of urea groups is 1. The van der Waals surface area contributed by atoms with Gasteiger partial charge in [0.2, 0.25) is 5.91 Å². The number of carbonyl (C=O) groups is 2. The molecule has 0 fully saturated rings. The molecule has 2 rings (SSSR count). The van der Waals surface area contributed by atoms with E-state index in [2.05, 4.69) is 36.5 Å². The molecule has 0 aliphatic rings. The molecular formula is C22H32FN5O2. The van der Waals surface area contributed by atoms with Crippen LogP contribution >= 0.6 is 0 Å². The third-order valence-electron chi connectivity index (χ3n) is 4.46. The molecule has 0 aliphatic carbocycles. The fourth-order valence-electron chi connectivity index (χ4n) is 2.80. The Hall–Kier alpha value is -2.90. The molecule has 1 heterocycles. The maximum atomic E-state index is 13.3. The van der Waals surface area contributed by atoms with E-state index >= 15 is 0 Å². The van der Waals surface area contributed by atoms with E-state index in [4.69, 9.17) is 0 Å². The molecule has 7 nitrogen and oxygen atoms in total. The summed E-state index contributed by atoms with van der Waals surface area (Å²) in [6.45, 7) is 14.1. The summed E-state index contributed by atoms with van der Waals surface area (Å²) in [5, 5.41) is 10.2. The Morgan fingerprint density at radius 3 is 2.30 bits per heavy atom. The number of halogens is 1. The molecule has 1 aromatic heterocycles. The molecule has 164 valence electrons. The van der Waals surface area contributed by atoms with E-state index in [0.29, 0.717) is 18.1 Å². The molecular weight excluding hydrogens is 385 g/mol. The van der Waals surface area contributed by atoms with E-state index in [1.807, 2.05) is 26.8 Å². The number of nitrogens with one attached hydrogen (secondary N) is 2. The Morgan fingerprint density at radius 2 is 1.77 bits per heavy atom. The molecule has 0 saturated heterocycles. The molecule has 1 aromatic carbocycles. The molecule has 0 bridgehead atoms. The van der Waals surface area contributed by atoms with Gasteiger partial charge in [0.15, 0.2) is 0 Å². The monoisotopic (exact) mass is 417 g/mol. The summed E-state index contributed by atoms with van der Waals surface area (Å²) in [5.41, 5.74) is 0.699. The summed E-state index contributed by atoms with van der Waals surface area (Å²) in [7, 11) is 0. The highest BCUT2D eigenvalue weighted by atomic mass is 19.1. The number of rotatable bonds is 5. The molecule has 30 heavy (non-hydrogen) atoms. The molecule has 0 radical (unpaired) electrons. The summed E-state index contributed by atoms with van der Waals surface area (Å²) in [5.74, 6) is -0.199. The van der Waals surface area contributed by atoms with Gasteiger partial charge in [-0.05, 0) is 45.9 Å². The third kappa shape index (κ3) is 6.05. The quantitative estimate of drug-likeness (QED) is 0.748. The standard InChI is InChI=1S/C22H32FN5O2/c1-8-27(20(30)24-16-11-9-10-15(23)12-16)14-19(29)25-18-13-17(21(2,3)4)26-28(18)22(5,6)7/h9-13H,8,14H2,1-7H3,(H,24,30)(H,25,29). The van der Waals surface area contributed by atoms with Crippen LogP contribution in [-0.2, 0) is 15.7 Å². The van der Waals surface area contributed by atoms with Gasteiger partial charge in [-0.15, -0.1) is 0 Å². The minimum Gasteiger partial charge on any atom is -0.315 e. The molecule has 0 aliphatic heterocycles. The molecule has 2 N–H and O–H groups in total. The van der Waals surface area contributed by atoms with E-state index in [1.54, 1.807) is 17.7 Å². The molecule has 8 heteroatoms. The lowest BCUT2D eigenvalue weighted by Crippen LogP contribution is -2.41. The van der Waals surface area contributed by atoms with Crippen LogP contribution in [0.1, 0.15) is 54.2 Å². The zero-order chi connectivity index (χ0) is 22.7. The van der Waals surface area contributed by atoms with Crippen LogP contribution in [0, 0.1) is 5.82 Å². The Morgan fingerprint density at radius 1 is 1.10 bits per heavy atom. The number of aromatic nitrogens is 2. The predicted molar refractivity (Wildman–Crippen MR) is 117 cm³/mol. The summed E-state index contributed by atoms with van der Waals surface area (Å²) >= 11 is 0. The van der Waals surface area contributed by atoms with Crippen LogP contribution in [0.3, 0.4) is 0 Å². The van der Waals surface area contributed by atoms with Crippen LogP contribution in [-0.4, -0.2) is 39.7 Å². The summed E-state index contributed by atoms with van der Waals surface area (Å²) in [4.78, 5) is 26.5. The zero-order valence-corrected chi connectivity index (χ0v) is 18.8. The highest BCUT2D eigenvalue weighted by Crippen LogP contribution is 2.28. The van der Waals surface area contributed by atoms with Crippen LogP contribution in [0.5, 0.6) is 0 Å². The first-order valence-electron chi connectivity index (χ1n) is 10.0. The molecule has 3 amide bonds. The van der Waals surface area contributed by atoms with E-state index in [-0.39, 0.29) is 23.4 Å². The van der Waals surface area contributed by atoms with Gasteiger partial charge in [0.1, 0.15) is 18.2 Å². The largest absolute Gasteiger partial charge is 0.322 e. The van der Waals surface area contributed by atoms with E-state index in [1.165, 1.54) is 23.1 Å². The van der Waals surface area contributed by atoms with Gasteiger partial charge in [0.05, 0.1) is 11.2 Å². The first-order valence-corrected chi connectivity index (χ1v) is 10.0. The normalized spacial score (nSPS) is 11.9. The van der Waals surface area contributed by atoms with Gasteiger partial charge in [-0.1, -0.05) is 26.8 Å². The lowest BCUT2D eigenvalue weighted by molar-refractivity contribution is -0.116. The van der Waals surface area contributed by atoms with Gasteiger partial charge in [-0.3, -0.25) is 4.79 Å². The van der Waals surface area contributed by atoms with Crippen LogP contribution in [0.4, 0.5) is 20.7 Å². The Kier molecular flexibility index (Phi) is 6.90. The average molecular weight is 418 g/mol. The van der Waals surface area contributed by atoms with Crippen LogP contribution in [0.15, 0.2) is 30.3 Å². The van der Waals surface area contributed by atoms with Gasteiger partial charge in [0.25, 0.3) is 0 Å². The number of nitrogens with zero attached hydrogens (tertiary/aromatic N) is 3. The Bertz CT molecular complexity index is 909. The average Bonchev–Trinajstić information content (AvgIpc) is 3.04. The van der Waals surface area contributed by atoms with Gasteiger partial charge in [-0.2, -0.15) is 5.10 Å². The Labute approximate surface area is 177 Å². The number of anilines is 2. The van der Waals surface area contributed by atoms with Crippen molar-refractivity contribution in [2.45, 2.75) is 59.4 Å². The first kappa shape index (κ1) is 23.4. The highest BCUT2D eigenvalue weighted by molar-refractivity contribution is 5.96. The van der Waals surface area contributed by atoms with E-state index < -0.39 is 11.8 Å². The van der Waals surface area contributed by atoms with Crippen molar-refractivity contribution >= 4 is 23.4 Å². The number of benzene rings is 1. The van der Waals surface area contributed by atoms with E-state index in [0.717, 1.165) is 5.69 Å². The minimum absolute atomic E-state index is 0.141. The lowest BCUT2D eigenvalue weighted by atomic mass is 9.92. The number of likely N-dealkylation sites (N-methyl/N-ethyl adjacent to an activating group) is 1. The fraction of sp³-hybridized carbons (Fsp3) is 0.500. The SMILES string of the molecule is CCN(CC(=O)Nc1cc(C(C)(C)C)nn1C(C)(C)C)C(=O)Nc1cccc(F)c1. The lowest BCUT2D eigenvalue weighted by Gasteiger charge is -2.24. The van der Waals surface area contributed by atoms with Gasteiger partial charge in [-0.25, -0.2) is 13.9 Å². The number of hydrogen-bond donors (Lipinski definition) is 2. The second-order valence-electron chi connectivity index (χ2n) is 9.25. The predicted octanol–water partition coefficient (Wildman–Crippen LogP) is 4.57. The van der Waals surface area contributed by atoms with Crippen molar-refractivity contribution in [3.63, 3.8) is 0 Å². The van der Waals surface area contributed by atoms with Crippen molar-refractivity contribution in [3.8, 4) is 0 Å².